The second-order valence-electron chi connectivity index (χ2n) is 6.25. The average molecular weight is 369 g/mol. The van der Waals surface area contributed by atoms with Crippen molar-refractivity contribution in [3.8, 4) is 0 Å². The maximum atomic E-state index is 12.1. The lowest BCUT2D eigenvalue weighted by Gasteiger charge is -2.33. The van der Waals surface area contributed by atoms with E-state index in [4.69, 9.17) is 4.74 Å². The summed E-state index contributed by atoms with van der Waals surface area (Å²) >= 11 is 0. The highest BCUT2D eigenvalue weighted by atomic mass is 16.5. The number of piperazine rings is 1. The number of urea groups is 1. The molecule has 2 heterocycles. The molecule has 2 N–H and O–H groups in total. The fourth-order valence-corrected chi connectivity index (χ4v) is 2.95. The van der Waals surface area contributed by atoms with Crippen LogP contribution in [0.3, 0.4) is 0 Å². The molecule has 1 aliphatic rings. The molecule has 1 aromatic heterocycles. The third-order valence-electron chi connectivity index (χ3n) is 4.32. The Morgan fingerprint density at radius 2 is 1.81 bits per heavy atom. The molecule has 142 valence electrons. The van der Waals surface area contributed by atoms with Crippen LogP contribution in [0.15, 0.2) is 48.8 Å². The largest absolute Gasteiger partial charge is 0.453 e. The van der Waals surface area contributed by atoms with Crippen molar-refractivity contribution >= 4 is 23.5 Å². The van der Waals surface area contributed by atoms with E-state index in [2.05, 4.69) is 20.5 Å². The first-order valence-corrected chi connectivity index (χ1v) is 8.76. The Hall–Kier alpha value is -3.13. The number of hydrogen-bond acceptors (Lipinski definition) is 5. The number of rotatable bonds is 4. The molecule has 0 radical (unpaired) electrons. The molecule has 1 saturated heterocycles. The SMILES string of the molecule is COC(=O)N1CCN(Cc2cccc(NC(=O)Nc3cccnc3)c2)CC1. The smallest absolute Gasteiger partial charge is 0.409 e. The summed E-state index contributed by atoms with van der Waals surface area (Å²) in [4.78, 5) is 31.6. The standard InChI is InChI=1S/C19H23N5O3/c1-27-19(26)24-10-8-23(9-11-24)14-15-4-2-5-16(12-15)21-18(25)22-17-6-3-7-20-13-17/h2-7,12-13H,8-11,14H2,1H3,(H2,21,22,25). The number of anilines is 2. The molecule has 1 aliphatic heterocycles. The van der Waals surface area contributed by atoms with E-state index in [0.29, 0.717) is 18.8 Å². The van der Waals surface area contributed by atoms with Crippen LogP contribution in [-0.2, 0) is 11.3 Å². The van der Waals surface area contributed by atoms with E-state index in [9.17, 15) is 9.59 Å². The van der Waals surface area contributed by atoms with Crippen molar-refractivity contribution in [3.05, 3.63) is 54.4 Å². The van der Waals surface area contributed by atoms with Crippen molar-refractivity contribution in [2.24, 2.45) is 0 Å². The van der Waals surface area contributed by atoms with Gasteiger partial charge in [-0.3, -0.25) is 9.88 Å². The summed E-state index contributed by atoms with van der Waals surface area (Å²) in [7, 11) is 1.40. The van der Waals surface area contributed by atoms with Crippen LogP contribution < -0.4 is 10.6 Å². The zero-order valence-corrected chi connectivity index (χ0v) is 15.2. The number of amides is 3. The quantitative estimate of drug-likeness (QED) is 0.865. The molecule has 27 heavy (non-hydrogen) atoms. The van der Waals surface area contributed by atoms with E-state index in [1.165, 1.54) is 7.11 Å². The molecule has 8 nitrogen and oxygen atoms in total. The van der Waals surface area contributed by atoms with Gasteiger partial charge in [-0.1, -0.05) is 12.1 Å². The van der Waals surface area contributed by atoms with Crippen LogP contribution in [0.25, 0.3) is 0 Å². The maximum absolute atomic E-state index is 12.1. The van der Waals surface area contributed by atoms with Gasteiger partial charge in [-0.05, 0) is 29.8 Å². The lowest BCUT2D eigenvalue weighted by molar-refractivity contribution is 0.0889. The zero-order valence-electron chi connectivity index (χ0n) is 15.2. The van der Waals surface area contributed by atoms with Crippen molar-refractivity contribution in [1.82, 2.24) is 14.8 Å². The van der Waals surface area contributed by atoms with Gasteiger partial charge < -0.3 is 20.3 Å². The first-order valence-electron chi connectivity index (χ1n) is 8.76. The van der Waals surface area contributed by atoms with E-state index < -0.39 is 0 Å². The van der Waals surface area contributed by atoms with Gasteiger partial charge in [0.2, 0.25) is 0 Å². The van der Waals surface area contributed by atoms with Gasteiger partial charge in [0.05, 0.1) is 19.0 Å². The molecule has 8 heteroatoms. The van der Waals surface area contributed by atoms with Gasteiger partial charge in [0, 0.05) is 44.6 Å². The Morgan fingerprint density at radius 3 is 2.52 bits per heavy atom. The number of nitrogens with zero attached hydrogens (tertiary/aromatic N) is 3. The van der Waals surface area contributed by atoms with Gasteiger partial charge in [0.25, 0.3) is 0 Å². The summed E-state index contributed by atoms with van der Waals surface area (Å²) in [5, 5.41) is 5.57. The highest BCUT2D eigenvalue weighted by molar-refractivity contribution is 5.99. The Morgan fingerprint density at radius 1 is 1.07 bits per heavy atom. The summed E-state index contributed by atoms with van der Waals surface area (Å²) in [6.07, 6.45) is 2.96. The number of nitrogens with one attached hydrogen (secondary N) is 2. The topological polar surface area (TPSA) is 86.8 Å². The van der Waals surface area contributed by atoms with E-state index in [1.807, 2.05) is 24.3 Å². The number of carbonyl (C=O) groups is 2. The molecule has 3 rings (SSSR count). The van der Waals surface area contributed by atoms with Gasteiger partial charge in [-0.25, -0.2) is 9.59 Å². The van der Waals surface area contributed by atoms with Crippen molar-refractivity contribution in [1.29, 1.82) is 0 Å². The molecule has 3 amide bonds. The van der Waals surface area contributed by atoms with Gasteiger partial charge in [0.15, 0.2) is 0 Å². The summed E-state index contributed by atoms with van der Waals surface area (Å²) in [5.41, 5.74) is 2.46. The Kier molecular flexibility index (Phi) is 6.22. The summed E-state index contributed by atoms with van der Waals surface area (Å²) in [5.74, 6) is 0. The molecular formula is C19H23N5O3. The molecule has 0 spiro atoms. The first kappa shape index (κ1) is 18.7. The van der Waals surface area contributed by atoms with Crippen molar-refractivity contribution in [2.75, 3.05) is 43.9 Å². The molecule has 0 saturated carbocycles. The Bertz CT molecular complexity index is 776. The van der Waals surface area contributed by atoms with Crippen LogP contribution in [0.2, 0.25) is 0 Å². The summed E-state index contributed by atoms with van der Waals surface area (Å²) in [6, 6.07) is 11.0. The molecule has 0 bridgehead atoms. The number of benzene rings is 1. The number of aromatic nitrogens is 1. The predicted molar refractivity (Wildman–Crippen MR) is 103 cm³/mol. The Balaban J connectivity index is 1.52. The van der Waals surface area contributed by atoms with Gasteiger partial charge >= 0.3 is 12.1 Å². The number of methoxy groups -OCH3 is 1. The van der Waals surface area contributed by atoms with Gasteiger partial charge in [-0.2, -0.15) is 0 Å². The fourth-order valence-electron chi connectivity index (χ4n) is 2.95. The minimum Gasteiger partial charge on any atom is -0.453 e. The highest BCUT2D eigenvalue weighted by Gasteiger charge is 2.21. The Labute approximate surface area is 158 Å². The fraction of sp³-hybridized carbons (Fsp3) is 0.316. The second kappa shape index (κ2) is 9.00. The van der Waals surface area contributed by atoms with Crippen LogP contribution in [0.4, 0.5) is 21.0 Å². The van der Waals surface area contributed by atoms with E-state index in [1.54, 1.807) is 29.4 Å². The third-order valence-corrected chi connectivity index (χ3v) is 4.32. The molecule has 1 aromatic carbocycles. The van der Waals surface area contributed by atoms with Crippen LogP contribution in [0.1, 0.15) is 5.56 Å². The summed E-state index contributed by atoms with van der Waals surface area (Å²) < 4.78 is 4.76. The van der Waals surface area contributed by atoms with Gasteiger partial charge in [0.1, 0.15) is 0 Å². The molecule has 0 unspecified atom stereocenters. The molecule has 1 fully saturated rings. The zero-order chi connectivity index (χ0) is 19.1. The molecular weight excluding hydrogens is 346 g/mol. The number of pyridine rings is 1. The third kappa shape index (κ3) is 5.42. The van der Waals surface area contributed by atoms with Crippen molar-refractivity contribution in [2.45, 2.75) is 6.54 Å². The second-order valence-corrected chi connectivity index (χ2v) is 6.25. The number of carbonyl (C=O) groups excluding carboxylic acids is 2. The minimum atomic E-state index is -0.313. The normalized spacial score (nSPS) is 14.5. The molecule has 0 atom stereocenters. The first-order chi connectivity index (χ1) is 13.1. The lowest BCUT2D eigenvalue weighted by Crippen LogP contribution is -2.48. The van der Waals surface area contributed by atoms with Crippen LogP contribution in [0, 0.1) is 0 Å². The maximum Gasteiger partial charge on any atom is 0.409 e. The van der Waals surface area contributed by atoms with Crippen LogP contribution >= 0.6 is 0 Å². The average Bonchev–Trinajstić information content (AvgIpc) is 2.69. The van der Waals surface area contributed by atoms with Crippen LogP contribution in [0.5, 0.6) is 0 Å². The monoisotopic (exact) mass is 369 g/mol. The van der Waals surface area contributed by atoms with Crippen molar-refractivity contribution < 1.29 is 14.3 Å². The van der Waals surface area contributed by atoms with Gasteiger partial charge in [-0.15, -0.1) is 0 Å². The van der Waals surface area contributed by atoms with Crippen LogP contribution in [-0.4, -0.2) is 60.2 Å². The highest BCUT2D eigenvalue weighted by Crippen LogP contribution is 2.15. The van der Waals surface area contributed by atoms with E-state index in [-0.39, 0.29) is 12.1 Å². The van der Waals surface area contributed by atoms with E-state index in [0.717, 1.165) is 30.9 Å². The number of ether oxygens (including phenoxy) is 1. The molecule has 2 aromatic rings. The van der Waals surface area contributed by atoms with E-state index >= 15 is 0 Å². The number of hydrogen-bond donors (Lipinski definition) is 2. The predicted octanol–water partition coefficient (Wildman–Crippen LogP) is 2.61. The minimum absolute atomic E-state index is 0.277. The summed E-state index contributed by atoms with van der Waals surface area (Å²) in [6.45, 7) is 3.63. The van der Waals surface area contributed by atoms with Crippen molar-refractivity contribution in [3.63, 3.8) is 0 Å². The molecule has 0 aliphatic carbocycles. The lowest BCUT2D eigenvalue weighted by atomic mass is 10.1.